The second-order valence-electron chi connectivity index (χ2n) is 11.0. The van der Waals surface area contributed by atoms with Gasteiger partial charge in [0.05, 0.1) is 21.6 Å². The van der Waals surface area contributed by atoms with Crippen LogP contribution in [0.3, 0.4) is 0 Å². The molecule has 0 amide bonds. The molecule has 204 valence electrons. The Bertz CT molecular complexity index is 1330. The Morgan fingerprint density at radius 3 is 2.66 bits per heavy atom. The van der Waals surface area contributed by atoms with Gasteiger partial charge in [0, 0.05) is 42.8 Å². The van der Waals surface area contributed by atoms with Gasteiger partial charge in [0.1, 0.15) is 6.10 Å². The number of piperidine rings is 1. The molecule has 2 aromatic carbocycles. The summed E-state index contributed by atoms with van der Waals surface area (Å²) in [5.41, 5.74) is 4.94. The van der Waals surface area contributed by atoms with E-state index in [1.54, 1.807) is 6.07 Å². The molecule has 3 aromatic rings. The van der Waals surface area contributed by atoms with Gasteiger partial charge in [0.15, 0.2) is 0 Å². The average molecular weight is 557 g/mol. The molecule has 0 spiro atoms. The largest absolute Gasteiger partial charge is 0.473 e. The smallest absolute Gasteiger partial charge is 0.238 e. The predicted molar refractivity (Wildman–Crippen MR) is 154 cm³/mol. The molecule has 5 rings (SSSR count). The van der Waals surface area contributed by atoms with Crippen molar-refractivity contribution in [2.45, 2.75) is 51.7 Å². The fraction of sp³-hybridized carbons (Fsp3) is 0.448. The van der Waals surface area contributed by atoms with Gasteiger partial charge >= 0.3 is 0 Å². The van der Waals surface area contributed by atoms with Gasteiger partial charge < -0.3 is 9.47 Å². The highest BCUT2D eigenvalue weighted by molar-refractivity contribution is 8.24. The van der Waals surface area contributed by atoms with Crippen LogP contribution in [0, 0.1) is 25.7 Å². The van der Waals surface area contributed by atoms with Gasteiger partial charge in [-0.15, -0.1) is 0 Å². The SMILES string of the molecule is Cc1cccc(C)c1-c1cc2nc(n1)N[SH](=O)(Cl)c1cccc(c1)CN1CC(COCC(C)C)CC(C1)O2. The van der Waals surface area contributed by atoms with Crippen molar-refractivity contribution in [2.75, 3.05) is 31.0 Å². The van der Waals surface area contributed by atoms with Crippen molar-refractivity contribution in [3.05, 3.63) is 65.2 Å². The van der Waals surface area contributed by atoms with Crippen molar-refractivity contribution in [3.8, 4) is 17.1 Å². The van der Waals surface area contributed by atoms with Crippen molar-refractivity contribution in [1.82, 2.24) is 14.9 Å². The Hall–Kier alpha value is -2.52. The standard InChI is InChI=1S/C29H37ClN4O3S/c1-19(2)17-36-18-23-11-24-16-34(15-23)14-22-9-6-10-25(12-22)38(30,35)33-29-31-26(13-27(32-29)37-24)28-20(3)7-5-8-21(28)4/h5-10,12-13,19,23-24,38H,11,14-18H2,1-4H3,(H,31,32,33,35). The topological polar surface area (TPSA) is 76.6 Å². The van der Waals surface area contributed by atoms with Gasteiger partial charge in [0.25, 0.3) is 0 Å². The number of aryl methyl sites for hydroxylation is 2. The number of hydrogen-bond acceptors (Lipinski definition) is 6. The lowest BCUT2D eigenvalue weighted by atomic mass is 9.96. The van der Waals surface area contributed by atoms with E-state index in [9.17, 15) is 4.21 Å². The maximum Gasteiger partial charge on any atom is 0.238 e. The van der Waals surface area contributed by atoms with Crippen molar-refractivity contribution in [1.29, 1.82) is 0 Å². The van der Waals surface area contributed by atoms with Crippen LogP contribution in [0.25, 0.3) is 11.3 Å². The number of nitrogens with zero attached hydrogens (tertiary/aromatic N) is 3. The summed E-state index contributed by atoms with van der Waals surface area (Å²) in [6.07, 6.45) is 0.797. The normalized spacial score (nSPS) is 23.3. The first kappa shape index (κ1) is 27.1. The van der Waals surface area contributed by atoms with Gasteiger partial charge in [-0.25, -0.2) is 9.19 Å². The fourth-order valence-electron chi connectivity index (χ4n) is 5.39. The lowest BCUT2D eigenvalue weighted by Crippen LogP contribution is -2.46. The third-order valence-corrected chi connectivity index (χ3v) is 9.27. The molecule has 1 N–H and O–H groups in total. The molecule has 0 saturated carbocycles. The monoisotopic (exact) mass is 556 g/mol. The maximum absolute atomic E-state index is 13.7. The lowest BCUT2D eigenvalue weighted by Gasteiger charge is -2.37. The molecule has 3 unspecified atom stereocenters. The summed E-state index contributed by atoms with van der Waals surface area (Å²) in [5, 5.41) is 0. The minimum Gasteiger partial charge on any atom is -0.473 e. The highest BCUT2D eigenvalue weighted by Crippen LogP contribution is 2.33. The third-order valence-electron chi connectivity index (χ3n) is 7.00. The highest BCUT2D eigenvalue weighted by atomic mass is 35.7. The van der Waals surface area contributed by atoms with E-state index in [0.29, 0.717) is 41.5 Å². The molecular weight excluding hydrogens is 520 g/mol. The fourth-order valence-corrected chi connectivity index (χ4v) is 7.03. The van der Waals surface area contributed by atoms with Gasteiger partial charge in [-0.1, -0.05) is 44.2 Å². The highest BCUT2D eigenvalue weighted by Gasteiger charge is 2.30. The number of hydrogen-bond donors (Lipinski definition) is 2. The van der Waals surface area contributed by atoms with E-state index in [2.05, 4.69) is 54.4 Å². The van der Waals surface area contributed by atoms with Gasteiger partial charge in [-0.05, 0) is 71.6 Å². The van der Waals surface area contributed by atoms with Crippen LogP contribution < -0.4 is 9.46 Å². The van der Waals surface area contributed by atoms with E-state index in [-0.39, 0.29) is 12.1 Å². The van der Waals surface area contributed by atoms with Crippen LogP contribution in [0.15, 0.2) is 53.4 Å². The van der Waals surface area contributed by atoms with Crippen LogP contribution in [0.5, 0.6) is 5.88 Å². The van der Waals surface area contributed by atoms with Crippen molar-refractivity contribution >= 4 is 26.0 Å². The molecule has 1 saturated heterocycles. The molecule has 3 atom stereocenters. The number of benzene rings is 2. The van der Waals surface area contributed by atoms with Gasteiger partial charge in [0.2, 0.25) is 11.8 Å². The van der Waals surface area contributed by atoms with E-state index in [1.807, 2.05) is 30.3 Å². The van der Waals surface area contributed by atoms with Crippen molar-refractivity contribution in [2.24, 2.45) is 11.8 Å². The Balaban J connectivity index is 1.56. The van der Waals surface area contributed by atoms with Crippen LogP contribution in [-0.4, -0.2) is 51.5 Å². The summed E-state index contributed by atoms with van der Waals surface area (Å²) in [6.45, 7) is 12.2. The maximum atomic E-state index is 13.7. The molecule has 2 aliphatic heterocycles. The van der Waals surface area contributed by atoms with Gasteiger partial charge in [-0.2, -0.15) is 4.98 Å². The lowest BCUT2D eigenvalue weighted by molar-refractivity contribution is 0.00194. The summed E-state index contributed by atoms with van der Waals surface area (Å²) < 4.78 is 29.2. The van der Waals surface area contributed by atoms with E-state index < -0.39 is 9.33 Å². The van der Waals surface area contributed by atoms with E-state index in [1.165, 1.54) is 0 Å². The zero-order chi connectivity index (χ0) is 26.9. The second-order valence-corrected chi connectivity index (χ2v) is 14.2. The third kappa shape index (κ3) is 6.37. The molecule has 0 radical (unpaired) electrons. The quantitative estimate of drug-likeness (QED) is 0.316. The van der Waals surface area contributed by atoms with Crippen LogP contribution >= 0.6 is 10.7 Å². The van der Waals surface area contributed by atoms with Crippen molar-refractivity contribution < 1.29 is 13.7 Å². The molecule has 3 heterocycles. The van der Waals surface area contributed by atoms with E-state index >= 15 is 0 Å². The van der Waals surface area contributed by atoms with Crippen LogP contribution in [0.1, 0.15) is 37.0 Å². The molecule has 7 nitrogen and oxygen atoms in total. The first-order chi connectivity index (χ1) is 18.2. The first-order valence-corrected chi connectivity index (χ1v) is 15.9. The molecule has 1 fully saturated rings. The second kappa shape index (κ2) is 11.3. The summed E-state index contributed by atoms with van der Waals surface area (Å²) in [6, 6.07) is 15.7. The first-order valence-electron chi connectivity index (χ1n) is 13.3. The number of rotatable bonds is 5. The van der Waals surface area contributed by atoms with Crippen LogP contribution in [0.2, 0.25) is 0 Å². The molecule has 9 heteroatoms. The Kier molecular flexibility index (Phi) is 8.05. The van der Waals surface area contributed by atoms with E-state index in [4.69, 9.17) is 25.1 Å². The number of anilines is 1. The average Bonchev–Trinajstić information content (AvgIpc) is 2.83. The van der Waals surface area contributed by atoms with E-state index in [0.717, 1.165) is 48.4 Å². The minimum absolute atomic E-state index is 0.0725. The summed E-state index contributed by atoms with van der Waals surface area (Å²) >= 11 is 0. The minimum atomic E-state index is -3.52. The summed E-state index contributed by atoms with van der Waals surface area (Å²) in [5.74, 6) is 1.45. The Morgan fingerprint density at radius 2 is 1.89 bits per heavy atom. The van der Waals surface area contributed by atoms with Crippen LogP contribution in [-0.2, 0) is 20.6 Å². The predicted octanol–water partition coefficient (Wildman–Crippen LogP) is 5.57. The zero-order valence-electron chi connectivity index (χ0n) is 22.5. The van der Waals surface area contributed by atoms with Crippen LogP contribution in [0.4, 0.5) is 5.95 Å². The molecule has 6 bridgehead atoms. The number of ether oxygens (including phenoxy) is 2. The number of fused-ring (bicyclic) bond motifs is 6. The summed E-state index contributed by atoms with van der Waals surface area (Å²) in [4.78, 5) is 12.3. The zero-order valence-corrected chi connectivity index (χ0v) is 24.1. The van der Waals surface area contributed by atoms with Gasteiger partial charge in [-0.3, -0.25) is 9.62 Å². The summed E-state index contributed by atoms with van der Waals surface area (Å²) in [7, 11) is 3.13. The molecule has 0 aliphatic carbocycles. The molecule has 38 heavy (non-hydrogen) atoms. The number of aromatic nitrogens is 2. The Morgan fingerprint density at radius 1 is 1.13 bits per heavy atom. The number of nitrogens with one attached hydrogen (secondary N) is 1. The molecular formula is C29H37ClN4O3S. The number of halogens is 1. The Labute approximate surface area is 231 Å². The number of thiol groups is 1. The molecule has 2 aliphatic rings. The molecule has 1 aromatic heterocycles. The van der Waals surface area contributed by atoms with Crippen molar-refractivity contribution in [3.63, 3.8) is 0 Å².